The number of alkyl halides is 3. The van der Waals surface area contributed by atoms with Gasteiger partial charge in [0.2, 0.25) is 0 Å². The number of nitrogens with two attached hydrogens (primary N) is 1. The van der Waals surface area contributed by atoms with Crippen molar-refractivity contribution < 1.29 is 18.7 Å². The first-order valence-electron chi connectivity index (χ1n) is 3.83. The predicted molar refractivity (Wildman–Crippen MR) is 53.2 cm³/mol. The van der Waals surface area contributed by atoms with Gasteiger partial charge in [-0.05, 0) is 0 Å². The molecule has 1 rings (SSSR count). The molecule has 0 radical (unpaired) electrons. The molecule has 0 unspecified atom stereocenters. The first kappa shape index (κ1) is 11.8. The molecule has 0 saturated heterocycles. The number of hydrogen-bond acceptors (Lipinski definition) is 3. The van der Waals surface area contributed by atoms with E-state index in [-0.39, 0.29) is 16.7 Å². The normalized spacial score (nSPS) is 10.7. The summed E-state index contributed by atoms with van der Waals surface area (Å²) in [5.74, 6) is -1.46. The zero-order valence-electron chi connectivity index (χ0n) is 7.38. The third-order valence-electron chi connectivity index (χ3n) is 1.79. The second kappa shape index (κ2) is 4.52. The summed E-state index contributed by atoms with van der Waals surface area (Å²) in [4.78, 5) is 14.5. The van der Waals surface area contributed by atoms with Gasteiger partial charge in [-0.1, -0.05) is 15.9 Å². The second-order valence-electron chi connectivity index (χ2n) is 2.69. The number of carbonyl (C=O) groups is 1. The molecule has 0 amide bonds. The summed E-state index contributed by atoms with van der Waals surface area (Å²) in [5.41, 5.74) is 3.78. The van der Waals surface area contributed by atoms with E-state index in [1.54, 1.807) is 0 Å². The molecular formula is C8H7BrF2N2O2. The van der Waals surface area contributed by atoms with Gasteiger partial charge in [0.1, 0.15) is 0 Å². The van der Waals surface area contributed by atoms with Crippen molar-refractivity contribution in [2.75, 3.05) is 5.73 Å². The average molecular weight is 281 g/mol. The number of carboxylic acid groups (broad SMARTS) is 1. The van der Waals surface area contributed by atoms with Crippen molar-refractivity contribution in [2.24, 2.45) is 0 Å². The molecule has 0 atom stereocenters. The summed E-state index contributed by atoms with van der Waals surface area (Å²) >= 11 is 2.97. The standard InChI is InChI=1S/C8H7BrF2N2O2/c9-1-4-6(8(14)15)5(7(10)11)3(12)2-13-4/h2,7H,1,12H2,(H,14,15). The van der Waals surface area contributed by atoms with Crippen molar-refractivity contribution >= 4 is 27.6 Å². The van der Waals surface area contributed by atoms with Gasteiger partial charge in [0.15, 0.2) is 0 Å². The van der Waals surface area contributed by atoms with Crippen LogP contribution in [0.3, 0.4) is 0 Å². The number of rotatable bonds is 3. The molecule has 1 aromatic heterocycles. The maximum atomic E-state index is 12.6. The molecule has 0 spiro atoms. The van der Waals surface area contributed by atoms with E-state index in [4.69, 9.17) is 10.8 Å². The Morgan fingerprint density at radius 3 is 2.67 bits per heavy atom. The summed E-state index contributed by atoms with van der Waals surface area (Å²) < 4.78 is 25.2. The SMILES string of the molecule is Nc1cnc(CBr)c(C(=O)O)c1C(F)F. The number of pyridine rings is 1. The van der Waals surface area contributed by atoms with E-state index in [9.17, 15) is 13.6 Å². The quantitative estimate of drug-likeness (QED) is 0.833. The van der Waals surface area contributed by atoms with E-state index in [1.165, 1.54) is 0 Å². The predicted octanol–water partition coefficient (Wildman–Crippen LogP) is 2.19. The third kappa shape index (κ3) is 2.23. The summed E-state index contributed by atoms with van der Waals surface area (Å²) in [6.07, 6.45) is -1.90. The molecule has 0 aliphatic heterocycles. The van der Waals surface area contributed by atoms with Crippen LogP contribution in [0, 0.1) is 0 Å². The number of anilines is 1. The van der Waals surface area contributed by atoms with Crippen LogP contribution in [0.2, 0.25) is 0 Å². The fourth-order valence-electron chi connectivity index (χ4n) is 1.16. The van der Waals surface area contributed by atoms with Crippen LogP contribution in [0.1, 0.15) is 28.0 Å². The number of nitrogens with zero attached hydrogens (tertiary/aromatic N) is 1. The highest BCUT2D eigenvalue weighted by atomic mass is 79.9. The fraction of sp³-hybridized carbons (Fsp3) is 0.250. The maximum Gasteiger partial charge on any atom is 0.338 e. The Balaban J connectivity index is 3.51. The third-order valence-corrected chi connectivity index (χ3v) is 2.32. The van der Waals surface area contributed by atoms with Crippen molar-refractivity contribution in [3.63, 3.8) is 0 Å². The first-order chi connectivity index (χ1) is 6.99. The molecule has 4 nitrogen and oxygen atoms in total. The Morgan fingerprint density at radius 1 is 1.67 bits per heavy atom. The minimum Gasteiger partial charge on any atom is -0.478 e. The van der Waals surface area contributed by atoms with Gasteiger partial charge in [0, 0.05) is 5.33 Å². The molecule has 0 bridgehead atoms. The number of aromatic nitrogens is 1. The number of hydrogen-bond donors (Lipinski definition) is 2. The highest BCUT2D eigenvalue weighted by Gasteiger charge is 2.24. The lowest BCUT2D eigenvalue weighted by Gasteiger charge is -2.10. The van der Waals surface area contributed by atoms with Crippen LogP contribution < -0.4 is 5.73 Å². The molecular weight excluding hydrogens is 274 g/mol. The van der Waals surface area contributed by atoms with E-state index in [0.29, 0.717) is 0 Å². The molecule has 0 aliphatic rings. The van der Waals surface area contributed by atoms with E-state index in [0.717, 1.165) is 6.20 Å². The van der Waals surface area contributed by atoms with Crippen LogP contribution in [0.15, 0.2) is 6.20 Å². The van der Waals surface area contributed by atoms with E-state index in [1.807, 2.05) is 0 Å². The zero-order chi connectivity index (χ0) is 11.6. The number of nitrogen functional groups attached to an aromatic ring is 1. The minimum absolute atomic E-state index is 0.0343. The smallest absolute Gasteiger partial charge is 0.338 e. The van der Waals surface area contributed by atoms with Gasteiger partial charge >= 0.3 is 5.97 Å². The van der Waals surface area contributed by atoms with E-state index in [2.05, 4.69) is 20.9 Å². The molecule has 15 heavy (non-hydrogen) atoms. The second-order valence-corrected chi connectivity index (χ2v) is 3.25. The van der Waals surface area contributed by atoms with Gasteiger partial charge < -0.3 is 10.8 Å². The number of carboxylic acids is 1. The van der Waals surface area contributed by atoms with Crippen molar-refractivity contribution in [3.05, 3.63) is 23.0 Å². The Bertz CT molecular complexity index is 398. The highest BCUT2D eigenvalue weighted by molar-refractivity contribution is 9.08. The summed E-state index contributed by atoms with van der Waals surface area (Å²) in [6, 6.07) is 0. The molecule has 82 valence electrons. The van der Waals surface area contributed by atoms with Crippen molar-refractivity contribution in [2.45, 2.75) is 11.8 Å². The Kier molecular flexibility index (Phi) is 3.57. The van der Waals surface area contributed by atoms with Crippen molar-refractivity contribution in [1.82, 2.24) is 4.98 Å². The van der Waals surface area contributed by atoms with Crippen molar-refractivity contribution in [1.29, 1.82) is 0 Å². The van der Waals surface area contributed by atoms with Gasteiger partial charge in [-0.3, -0.25) is 4.98 Å². The van der Waals surface area contributed by atoms with Crippen LogP contribution in [-0.4, -0.2) is 16.1 Å². The zero-order valence-corrected chi connectivity index (χ0v) is 8.96. The highest BCUT2D eigenvalue weighted by Crippen LogP contribution is 2.30. The summed E-state index contributed by atoms with van der Waals surface area (Å²) in [5, 5.41) is 8.88. The molecule has 7 heteroatoms. The van der Waals surface area contributed by atoms with Gasteiger partial charge in [0.25, 0.3) is 6.43 Å². The van der Waals surface area contributed by atoms with Gasteiger partial charge in [-0.2, -0.15) is 0 Å². The molecule has 1 heterocycles. The monoisotopic (exact) mass is 280 g/mol. The largest absolute Gasteiger partial charge is 0.478 e. The maximum absolute atomic E-state index is 12.6. The summed E-state index contributed by atoms with van der Waals surface area (Å²) in [7, 11) is 0. The Labute approximate surface area is 92.2 Å². The van der Waals surface area contributed by atoms with Crippen molar-refractivity contribution in [3.8, 4) is 0 Å². The molecule has 0 fully saturated rings. The fourth-order valence-corrected chi connectivity index (χ4v) is 1.58. The lowest BCUT2D eigenvalue weighted by Crippen LogP contribution is -2.11. The van der Waals surface area contributed by atoms with Gasteiger partial charge in [-0.25, -0.2) is 13.6 Å². The molecule has 0 aliphatic carbocycles. The van der Waals surface area contributed by atoms with Crippen LogP contribution in [0.5, 0.6) is 0 Å². The average Bonchev–Trinajstić information content (AvgIpc) is 2.16. The molecule has 0 saturated carbocycles. The van der Waals surface area contributed by atoms with Crippen LogP contribution >= 0.6 is 15.9 Å². The van der Waals surface area contributed by atoms with Crippen LogP contribution in [0.4, 0.5) is 14.5 Å². The summed E-state index contributed by atoms with van der Waals surface area (Å²) in [6.45, 7) is 0. The lowest BCUT2D eigenvalue weighted by molar-refractivity contribution is 0.0683. The molecule has 1 aromatic rings. The van der Waals surface area contributed by atoms with Gasteiger partial charge in [-0.15, -0.1) is 0 Å². The van der Waals surface area contributed by atoms with E-state index >= 15 is 0 Å². The topological polar surface area (TPSA) is 76.2 Å². The van der Waals surface area contributed by atoms with Gasteiger partial charge in [0.05, 0.1) is 28.7 Å². The Hall–Kier alpha value is -1.24. The molecule has 3 N–H and O–H groups in total. The minimum atomic E-state index is -2.93. The van der Waals surface area contributed by atoms with E-state index < -0.39 is 23.5 Å². The van der Waals surface area contributed by atoms with Crippen LogP contribution in [0.25, 0.3) is 0 Å². The van der Waals surface area contributed by atoms with Crippen LogP contribution in [-0.2, 0) is 5.33 Å². The number of halogens is 3. The number of aromatic carboxylic acids is 1. The first-order valence-corrected chi connectivity index (χ1v) is 4.95. The Morgan fingerprint density at radius 2 is 2.27 bits per heavy atom. The lowest BCUT2D eigenvalue weighted by atomic mass is 10.1. The molecule has 0 aromatic carbocycles.